The third-order valence-corrected chi connectivity index (χ3v) is 5.14. The fraction of sp³-hybridized carbons (Fsp3) is 0.632. The van der Waals surface area contributed by atoms with Crippen LogP contribution in [0, 0.1) is 17.2 Å². The van der Waals surface area contributed by atoms with E-state index >= 15 is 0 Å². The van der Waals surface area contributed by atoms with Gasteiger partial charge in [0, 0.05) is 32.4 Å². The molecule has 1 saturated heterocycles. The molecular weight excluding hydrogens is 371 g/mol. The molecule has 0 unspecified atom stereocenters. The average molecular weight is 397 g/mol. The molecule has 1 aromatic heterocycles. The zero-order chi connectivity index (χ0) is 20.9. The summed E-state index contributed by atoms with van der Waals surface area (Å²) < 4.78 is 38.0. The first-order chi connectivity index (χ1) is 13.0. The lowest BCUT2D eigenvalue weighted by atomic mass is 9.90. The largest absolute Gasteiger partial charge is 0.417 e. The number of hydrogen-bond acceptors (Lipinski definition) is 5. The van der Waals surface area contributed by atoms with Crippen LogP contribution in [0.15, 0.2) is 18.3 Å². The van der Waals surface area contributed by atoms with Gasteiger partial charge < -0.3 is 10.2 Å². The molecule has 1 fully saturated rings. The summed E-state index contributed by atoms with van der Waals surface area (Å²) in [6, 6.07) is 4.57. The molecule has 0 aliphatic carbocycles. The minimum atomic E-state index is -4.40. The maximum atomic E-state index is 12.7. The van der Waals surface area contributed by atoms with Gasteiger partial charge in [-0.2, -0.15) is 18.4 Å². The number of carbonyl (C=O) groups excluding carboxylic acids is 1. The van der Waals surface area contributed by atoms with E-state index in [9.17, 15) is 23.2 Å². The van der Waals surface area contributed by atoms with Gasteiger partial charge >= 0.3 is 6.18 Å². The molecule has 1 N–H and O–H groups in total. The highest BCUT2D eigenvalue weighted by molar-refractivity contribution is 5.79. The molecule has 1 aliphatic heterocycles. The molecule has 0 radical (unpaired) electrons. The summed E-state index contributed by atoms with van der Waals surface area (Å²) in [6.45, 7) is 8.13. The molecule has 2 heterocycles. The van der Waals surface area contributed by atoms with Gasteiger partial charge in [-0.15, -0.1) is 0 Å². The number of anilines is 1. The van der Waals surface area contributed by atoms with Crippen LogP contribution in [0.3, 0.4) is 0 Å². The number of hydrogen-bond donors (Lipinski definition) is 1. The van der Waals surface area contributed by atoms with Gasteiger partial charge in [0.1, 0.15) is 11.4 Å². The Morgan fingerprint density at radius 1 is 1.29 bits per heavy atom. The van der Waals surface area contributed by atoms with E-state index < -0.39 is 17.3 Å². The van der Waals surface area contributed by atoms with Gasteiger partial charge in [-0.05, 0) is 31.4 Å². The van der Waals surface area contributed by atoms with E-state index in [1.165, 1.54) is 6.07 Å². The lowest BCUT2D eigenvalue weighted by Gasteiger charge is -2.29. The average Bonchev–Trinajstić information content (AvgIpc) is 2.86. The maximum absolute atomic E-state index is 12.7. The van der Waals surface area contributed by atoms with E-state index in [1.807, 2.05) is 23.6 Å². The summed E-state index contributed by atoms with van der Waals surface area (Å²) in [5, 5.41) is 12.1. The molecule has 0 saturated carbocycles. The monoisotopic (exact) mass is 397 g/mol. The van der Waals surface area contributed by atoms with Gasteiger partial charge in [-0.1, -0.05) is 13.8 Å². The van der Waals surface area contributed by atoms with E-state index in [2.05, 4.69) is 16.4 Å². The second kappa shape index (κ2) is 8.78. The third-order valence-electron chi connectivity index (χ3n) is 5.14. The van der Waals surface area contributed by atoms with Crippen molar-refractivity contribution in [1.82, 2.24) is 15.2 Å². The van der Waals surface area contributed by atoms with Gasteiger partial charge in [0.05, 0.1) is 18.2 Å². The van der Waals surface area contributed by atoms with Crippen molar-refractivity contribution < 1.29 is 18.0 Å². The summed E-state index contributed by atoms with van der Waals surface area (Å²) in [6.07, 6.45) is -2.79. The van der Waals surface area contributed by atoms with E-state index in [0.29, 0.717) is 32.0 Å². The number of amides is 1. The highest BCUT2D eigenvalue weighted by atomic mass is 19.4. The second-order valence-corrected chi connectivity index (χ2v) is 7.54. The molecule has 6 nitrogen and oxygen atoms in total. The number of nitrogens with one attached hydrogen (secondary N) is 1. The van der Waals surface area contributed by atoms with Crippen LogP contribution in [0.2, 0.25) is 0 Å². The van der Waals surface area contributed by atoms with Crippen molar-refractivity contribution in [1.29, 1.82) is 5.26 Å². The van der Waals surface area contributed by atoms with Crippen LogP contribution in [-0.2, 0) is 11.0 Å². The Morgan fingerprint density at radius 2 is 2.00 bits per heavy atom. The molecular formula is C19H26F3N5O. The molecule has 0 bridgehead atoms. The van der Waals surface area contributed by atoms with Crippen molar-refractivity contribution in [3.63, 3.8) is 0 Å². The predicted molar refractivity (Wildman–Crippen MR) is 99.5 cm³/mol. The quantitative estimate of drug-likeness (QED) is 0.827. The zero-order valence-corrected chi connectivity index (χ0v) is 16.4. The van der Waals surface area contributed by atoms with Crippen LogP contribution in [0.25, 0.3) is 0 Å². The number of alkyl halides is 3. The number of carbonyl (C=O) groups is 1. The van der Waals surface area contributed by atoms with Gasteiger partial charge in [-0.25, -0.2) is 4.98 Å². The molecule has 1 amide bonds. The third kappa shape index (κ3) is 5.58. The highest BCUT2D eigenvalue weighted by Crippen LogP contribution is 2.29. The number of pyridine rings is 1. The van der Waals surface area contributed by atoms with Crippen LogP contribution < -0.4 is 10.2 Å². The van der Waals surface area contributed by atoms with Gasteiger partial charge in [-0.3, -0.25) is 9.69 Å². The summed E-state index contributed by atoms with van der Waals surface area (Å²) in [7, 11) is 0. The molecule has 0 spiro atoms. The number of aromatic nitrogens is 1. The Kier molecular flexibility index (Phi) is 6.88. The van der Waals surface area contributed by atoms with Crippen LogP contribution in [0.4, 0.5) is 19.0 Å². The fourth-order valence-electron chi connectivity index (χ4n) is 2.93. The van der Waals surface area contributed by atoms with Crippen LogP contribution in [-0.4, -0.2) is 54.1 Å². The number of halogens is 3. The van der Waals surface area contributed by atoms with Crippen LogP contribution in [0.1, 0.15) is 32.8 Å². The predicted octanol–water partition coefficient (Wildman–Crippen LogP) is 2.67. The van der Waals surface area contributed by atoms with Gasteiger partial charge in [0.2, 0.25) is 5.91 Å². The number of nitriles is 1. The van der Waals surface area contributed by atoms with Gasteiger partial charge in [0.15, 0.2) is 0 Å². The topological polar surface area (TPSA) is 72.3 Å². The van der Waals surface area contributed by atoms with E-state index in [4.69, 9.17) is 0 Å². The van der Waals surface area contributed by atoms with Crippen LogP contribution in [0.5, 0.6) is 0 Å². The standard InChI is InChI=1S/C19H26F3N5O/c1-14(2)18(3,13-23)25-17(28)12-26-7-4-8-27(10-9-26)16-6-5-15(11-24-16)19(20,21)22/h5-6,11,14H,4,7-10,12H2,1-3H3,(H,25,28)/t18-/m1/s1. The highest BCUT2D eigenvalue weighted by Gasteiger charge is 2.32. The maximum Gasteiger partial charge on any atom is 0.417 e. The zero-order valence-electron chi connectivity index (χ0n) is 16.4. The summed E-state index contributed by atoms with van der Waals surface area (Å²) in [5.74, 6) is 0.266. The molecule has 1 atom stereocenters. The molecule has 154 valence electrons. The van der Waals surface area contributed by atoms with Crippen molar-refractivity contribution in [2.75, 3.05) is 37.6 Å². The lowest BCUT2D eigenvalue weighted by Crippen LogP contribution is -2.52. The van der Waals surface area contributed by atoms with Crippen molar-refractivity contribution in [3.8, 4) is 6.07 Å². The minimum Gasteiger partial charge on any atom is -0.355 e. The van der Waals surface area contributed by atoms with Crippen molar-refractivity contribution in [3.05, 3.63) is 23.9 Å². The summed E-state index contributed by atoms with van der Waals surface area (Å²) in [5.41, 5.74) is -1.69. The Balaban J connectivity index is 1.93. The molecule has 9 heteroatoms. The molecule has 28 heavy (non-hydrogen) atoms. The fourth-order valence-corrected chi connectivity index (χ4v) is 2.93. The lowest BCUT2D eigenvalue weighted by molar-refractivity contribution is -0.137. The Morgan fingerprint density at radius 3 is 2.54 bits per heavy atom. The Hall–Kier alpha value is -2.34. The Labute approximate surface area is 163 Å². The number of rotatable bonds is 5. The SMILES string of the molecule is CC(C)[C@@](C)(C#N)NC(=O)CN1CCCN(c2ccc(C(F)(F)F)cn2)CC1. The van der Waals surface area contributed by atoms with E-state index in [-0.39, 0.29) is 18.4 Å². The molecule has 0 aromatic carbocycles. The smallest absolute Gasteiger partial charge is 0.355 e. The van der Waals surface area contributed by atoms with Gasteiger partial charge in [0.25, 0.3) is 0 Å². The van der Waals surface area contributed by atoms with E-state index in [1.54, 1.807) is 6.92 Å². The van der Waals surface area contributed by atoms with Crippen molar-refractivity contribution in [2.24, 2.45) is 5.92 Å². The summed E-state index contributed by atoms with van der Waals surface area (Å²) >= 11 is 0. The first-order valence-corrected chi connectivity index (χ1v) is 9.28. The first kappa shape index (κ1) is 22.0. The minimum absolute atomic E-state index is 0.0215. The normalized spacial score (nSPS) is 18.3. The molecule has 1 aromatic rings. The van der Waals surface area contributed by atoms with Crippen molar-refractivity contribution >= 4 is 11.7 Å². The summed E-state index contributed by atoms with van der Waals surface area (Å²) in [4.78, 5) is 20.2. The first-order valence-electron chi connectivity index (χ1n) is 9.28. The van der Waals surface area contributed by atoms with Crippen molar-refractivity contribution in [2.45, 2.75) is 38.9 Å². The second-order valence-electron chi connectivity index (χ2n) is 7.54. The molecule has 1 aliphatic rings. The Bertz CT molecular complexity index is 714. The number of nitrogens with zero attached hydrogens (tertiary/aromatic N) is 4. The van der Waals surface area contributed by atoms with Crippen LogP contribution >= 0.6 is 0 Å². The van der Waals surface area contributed by atoms with E-state index in [0.717, 1.165) is 18.7 Å². The molecule has 2 rings (SSSR count).